The summed E-state index contributed by atoms with van der Waals surface area (Å²) in [5, 5.41) is 3.20. The highest BCUT2D eigenvalue weighted by atomic mass is 16.1. The number of nitrogens with one attached hydrogen (secondary N) is 1. The number of benzene rings is 1. The number of amides is 1. The van der Waals surface area contributed by atoms with Gasteiger partial charge in [0.15, 0.2) is 0 Å². The Balaban J connectivity index is 1.53. The summed E-state index contributed by atoms with van der Waals surface area (Å²) < 4.78 is 0. The van der Waals surface area contributed by atoms with Crippen LogP contribution in [0.25, 0.3) is 11.3 Å². The van der Waals surface area contributed by atoms with Crippen LogP contribution < -0.4 is 11.1 Å². The summed E-state index contributed by atoms with van der Waals surface area (Å²) in [5.74, 6) is 0.520. The first-order valence-corrected chi connectivity index (χ1v) is 10.4. The first kappa shape index (κ1) is 20.0. The molecule has 6 heteroatoms. The maximum absolute atomic E-state index is 11.3. The van der Waals surface area contributed by atoms with Crippen molar-refractivity contribution in [3.05, 3.63) is 77.6 Å². The molecule has 1 aliphatic heterocycles. The first-order chi connectivity index (χ1) is 14.7. The Kier molecular flexibility index (Phi) is 6.05. The maximum Gasteiger partial charge on any atom is 0.248 e. The summed E-state index contributed by atoms with van der Waals surface area (Å²) in [6, 6.07) is 16.0. The van der Waals surface area contributed by atoms with Crippen LogP contribution in [0.3, 0.4) is 0 Å². The van der Waals surface area contributed by atoms with Gasteiger partial charge in [-0.2, -0.15) is 0 Å². The molecule has 1 amide bonds. The number of aromatic nitrogens is 2. The molecule has 0 bridgehead atoms. The second-order valence-electron chi connectivity index (χ2n) is 7.66. The van der Waals surface area contributed by atoms with Gasteiger partial charge in [0.25, 0.3) is 0 Å². The van der Waals surface area contributed by atoms with Crippen molar-refractivity contribution in [2.24, 2.45) is 5.73 Å². The molecule has 1 aromatic carbocycles. The van der Waals surface area contributed by atoms with Gasteiger partial charge in [-0.1, -0.05) is 30.7 Å². The highest BCUT2D eigenvalue weighted by molar-refractivity contribution is 5.93. The zero-order chi connectivity index (χ0) is 20.9. The Morgan fingerprint density at radius 3 is 2.67 bits per heavy atom. The summed E-state index contributed by atoms with van der Waals surface area (Å²) >= 11 is 0. The molecule has 1 atom stereocenters. The number of piperidine rings is 1. The van der Waals surface area contributed by atoms with Gasteiger partial charge in [-0.25, -0.2) is 4.98 Å². The molecular weight excluding hydrogens is 374 g/mol. The quantitative estimate of drug-likeness (QED) is 0.652. The van der Waals surface area contributed by atoms with E-state index in [2.05, 4.69) is 33.4 Å². The molecule has 1 fully saturated rings. The molecule has 0 spiro atoms. The number of rotatable bonds is 6. The molecule has 3 heterocycles. The van der Waals surface area contributed by atoms with E-state index in [4.69, 9.17) is 10.7 Å². The third-order valence-corrected chi connectivity index (χ3v) is 5.75. The number of hydrogen-bond acceptors (Lipinski definition) is 5. The number of hydrogen-bond donors (Lipinski definition) is 2. The third kappa shape index (κ3) is 4.33. The summed E-state index contributed by atoms with van der Waals surface area (Å²) in [7, 11) is 1.91. The summed E-state index contributed by atoms with van der Waals surface area (Å²) in [5.41, 5.74) is 10.1. The molecule has 0 saturated carbocycles. The van der Waals surface area contributed by atoms with Gasteiger partial charge in [-0.15, -0.1) is 0 Å². The molecule has 1 saturated heterocycles. The number of primary amides is 1. The van der Waals surface area contributed by atoms with Gasteiger partial charge in [0.1, 0.15) is 5.82 Å². The predicted octanol–water partition coefficient (Wildman–Crippen LogP) is 4.01. The smallest absolute Gasteiger partial charge is 0.248 e. The highest BCUT2D eigenvalue weighted by Gasteiger charge is 2.25. The maximum atomic E-state index is 11.3. The van der Waals surface area contributed by atoms with Crippen LogP contribution in [0.2, 0.25) is 0 Å². The van der Waals surface area contributed by atoms with Crippen LogP contribution >= 0.6 is 0 Å². The van der Waals surface area contributed by atoms with Crippen LogP contribution in [0.1, 0.15) is 46.8 Å². The second kappa shape index (κ2) is 9.05. The molecular formula is C24H27N5O. The normalized spacial score (nSPS) is 16.9. The lowest BCUT2D eigenvalue weighted by molar-refractivity contribution is 0.100. The molecule has 1 aliphatic rings. The molecule has 3 N–H and O–H groups in total. The average molecular weight is 402 g/mol. The molecule has 154 valence electrons. The minimum atomic E-state index is -0.419. The van der Waals surface area contributed by atoms with Gasteiger partial charge in [0, 0.05) is 48.7 Å². The zero-order valence-corrected chi connectivity index (χ0v) is 17.2. The van der Waals surface area contributed by atoms with E-state index in [0.717, 1.165) is 36.6 Å². The van der Waals surface area contributed by atoms with Crippen molar-refractivity contribution in [1.82, 2.24) is 14.9 Å². The third-order valence-electron chi connectivity index (χ3n) is 5.75. The van der Waals surface area contributed by atoms with Crippen molar-refractivity contribution in [2.75, 3.05) is 18.9 Å². The Morgan fingerprint density at radius 2 is 1.97 bits per heavy atom. The summed E-state index contributed by atoms with van der Waals surface area (Å²) in [4.78, 5) is 22.9. The summed E-state index contributed by atoms with van der Waals surface area (Å²) in [6.07, 6.45) is 7.38. The molecule has 4 rings (SSSR count). The van der Waals surface area contributed by atoms with E-state index in [1.54, 1.807) is 12.1 Å². The number of pyridine rings is 2. The van der Waals surface area contributed by atoms with Crippen molar-refractivity contribution < 1.29 is 4.79 Å². The number of anilines is 1. The minimum absolute atomic E-state index is 0.349. The zero-order valence-electron chi connectivity index (χ0n) is 17.2. The standard InChI is InChI=1S/C24H27N5O/c1-26-24-20(5-4-13-27-24)16-29-14-3-2-6-22(29)19-11-12-21(28-15-19)17-7-9-18(10-8-17)23(25)30/h4-5,7-13,15,22H,2-3,6,14,16H2,1H3,(H2,25,30)(H,26,27)/t22-/m0/s1. The van der Waals surface area contributed by atoms with E-state index in [1.165, 1.54) is 24.0 Å². The predicted molar refractivity (Wildman–Crippen MR) is 119 cm³/mol. The number of likely N-dealkylation sites (tertiary alicyclic amines) is 1. The van der Waals surface area contributed by atoms with E-state index in [9.17, 15) is 4.79 Å². The van der Waals surface area contributed by atoms with Gasteiger partial charge in [-0.05, 0) is 49.2 Å². The van der Waals surface area contributed by atoms with Crippen molar-refractivity contribution in [3.8, 4) is 11.3 Å². The number of carbonyl (C=O) groups excluding carboxylic acids is 1. The second-order valence-corrected chi connectivity index (χ2v) is 7.66. The van der Waals surface area contributed by atoms with Gasteiger partial charge in [0.05, 0.1) is 5.69 Å². The van der Waals surface area contributed by atoms with Crippen LogP contribution in [-0.2, 0) is 6.54 Å². The SMILES string of the molecule is CNc1ncccc1CN1CCCC[C@H]1c1ccc(-c2ccc(C(N)=O)cc2)nc1. The van der Waals surface area contributed by atoms with Gasteiger partial charge in [-0.3, -0.25) is 14.7 Å². The molecule has 30 heavy (non-hydrogen) atoms. The van der Waals surface area contributed by atoms with Crippen LogP contribution in [0, 0.1) is 0 Å². The first-order valence-electron chi connectivity index (χ1n) is 10.4. The monoisotopic (exact) mass is 401 g/mol. The highest BCUT2D eigenvalue weighted by Crippen LogP contribution is 2.33. The average Bonchev–Trinajstić information content (AvgIpc) is 2.80. The molecule has 6 nitrogen and oxygen atoms in total. The van der Waals surface area contributed by atoms with Crippen molar-refractivity contribution in [2.45, 2.75) is 31.8 Å². The molecule has 2 aromatic heterocycles. The molecule has 0 aliphatic carbocycles. The van der Waals surface area contributed by atoms with E-state index >= 15 is 0 Å². The van der Waals surface area contributed by atoms with E-state index in [0.29, 0.717) is 11.6 Å². The minimum Gasteiger partial charge on any atom is -0.373 e. The Hall–Kier alpha value is -3.25. The van der Waals surface area contributed by atoms with E-state index < -0.39 is 5.91 Å². The van der Waals surface area contributed by atoms with E-state index in [-0.39, 0.29) is 0 Å². The van der Waals surface area contributed by atoms with Crippen molar-refractivity contribution >= 4 is 11.7 Å². The number of carbonyl (C=O) groups is 1. The fourth-order valence-corrected chi connectivity index (χ4v) is 4.15. The fourth-order valence-electron chi connectivity index (χ4n) is 4.15. The van der Waals surface area contributed by atoms with Gasteiger partial charge in [0.2, 0.25) is 5.91 Å². The van der Waals surface area contributed by atoms with Crippen LogP contribution in [0.4, 0.5) is 5.82 Å². The topological polar surface area (TPSA) is 84.1 Å². The van der Waals surface area contributed by atoms with Crippen LogP contribution in [-0.4, -0.2) is 34.4 Å². The van der Waals surface area contributed by atoms with Gasteiger partial charge >= 0.3 is 0 Å². The van der Waals surface area contributed by atoms with E-state index in [1.807, 2.05) is 37.6 Å². The lowest BCUT2D eigenvalue weighted by Gasteiger charge is -2.36. The fraction of sp³-hybridized carbons (Fsp3) is 0.292. The lowest BCUT2D eigenvalue weighted by Crippen LogP contribution is -2.33. The van der Waals surface area contributed by atoms with Crippen molar-refractivity contribution in [1.29, 1.82) is 0 Å². The Bertz CT molecular complexity index is 1000. The summed E-state index contributed by atoms with van der Waals surface area (Å²) in [6.45, 7) is 1.93. The molecule has 0 unspecified atom stereocenters. The Labute approximate surface area is 177 Å². The molecule has 3 aromatic rings. The Morgan fingerprint density at radius 1 is 1.13 bits per heavy atom. The number of nitrogens with zero attached hydrogens (tertiary/aromatic N) is 3. The van der Waals surface area contributed by atoms with Gasteiger partial charge < -0.3 is 11.1 Å². The van der Waals surface area contributed by atoms with Crippen LogP contribution in [0.15, 0.2) is 60.9 Å². The number of nitrogens with two attached hydrogens (primary N) is 1. The largest absolute Gasteiger partial charge is 0.373 e. The van der Waals surface area contributed by atoms with Crippen LogP contribution in [0.5, 0.6) is 0 Å². The lowest BCUT2D eigenvalue weighted by atomic mass is 9.95. The molecule has 0 radical (unpaired) electrons. The van der Waals surface area contributed by atoms with Crippen molar-refractivity contribution in [3.63, 3.8) is 0 Å².